The number of nitrogens with one attached hydrogen (secondary N) is 1. The van der Waals surface area contributed by atoms with Gasteiger partial charge in [-0.3, -0.25) is 14.4 Å². The number of carbonyl (C=O) groups excluding carboxylic acids is 2. The molecule has 0 atom stereocenters. The first kappa shape index (κ1) is 26.3. The number of hydrogen-bond donors (Lipinski definition) is 2. The van der Waals surface area contributed by atoms with E-state index in [-0.39, 0.29) is 24.0 Å². The zero-order valence-corrected chi connectivity index (χ0v) is 21.3. The van der Waals surface area contributed by atoms with Gasteiger partial charge in [0.25, 0.3) is 18.3 Å². The summed E-state index contributed by atoms with van der Waals surface area (Å²) in [4.78, 5) is 40.1. The van der Waals surface area contributed by atoms with Crippen LogP contribution in [0.1, 0.15) is 46.2 Å². The van der Waals surface area contributed by atoms with Gasteiger partial charge < -0.3 is 20.1 Å². The van der Waals surface area contributed by atoms with E-state index in [1.54, 1.807) is 48.2 Å². The van der Waals surface area contributed by atoms with Gasteiger partial charge in [-0.25, -0.2) is 9.50 Å². The maximum atomic E-state index is 12.9. The fraction of sp³-hybridized carbons (Fsp3) is 0.250. The number of likely N-dealkylation sites (tertiary alicyclic amines) is 1. The molecule has 0 saturated carbocycles. The minimum absolute atomic E-state index is 0.0305. The Hall–Kier alpha value is -4.73. The molecule has 2 aromatic carbocycles. The molecule has 38 heavy (non-hydrogen) atoms. The third-order valence-corrected chi connectivity index (χ3v) is 6.34. The number of rotatable bonds is 6. The molecule has 10 nitrogen and oxygen atoms in total. The van der Waals surface area contributed by atoms with Crippen molar-refractivity contribution in [1.82, 2.24) is 19.5 Å². The van der Waals surface area contributed by atoms with Crippen LogP contribution in [0.4, 0.5) is 5.69 Å². The summed E-state index contributed by atoms with van der Waals surface area (Å²) < 4.78 is 7.20. The zero-order valence-electron chi connectivity index (χ0n) is 21.3. The Bertz CT molecular complexity index is 1440. The van der Waals surface area contributed by atoms with Crippen LogP contribution in [0.25, 0.3) is 16.9 Å². The molecule has 0 spiro atoms. The van der Waals surface area contributed by atoms with Gasteiger partial charge in [0.05, 0.1) is 12.8 Å². The first-order valence-corrected chi connectivity index (χ1v) is 12.3. The highest BCUT2D eigenvalue weighted by Gasteiger charge is 2.20. The topological polar surface area (TPSA) is 126 Å². The molecular weight excluding hydrogens is 486 g/mol. The molecule has 1 saturated heterocycles. The Morgan fingerprint density at radius 2 is 1.79 bits per heavy atom. The second-order valence-corrected chi connectivity index (χ2v) is 8.65. The zero-order chi connectivity index (χ0) is 27.1. The van der Waals surface area contributed by atoms with Crippen molar-refractivity contribution in [3.8, 4) is 17.0 Å². The van der Waals surface area contributed by atoms with Crippen LogP contribution in [0, 0.1) is 0 Å². The molecule has 0 bridgehead atoms. The number of hydrogen-bond acceptors (Lipinski definition) is 6. The van der Waals surface area contributed by atoms with E-state index in [0.717, 1.165) is 54.9 Å². The lowest BCUT2D eigenvalue weighted by Gasteiger charge is -2.15. The van der Waals surface area contributed by atoms with Gasteiger partial charge in [-0.2, -0.15) is 5.10 Å². The maximum Gasteiger partial charge on any atom is 0.290 e. The van der Waals surface area contributed by atoms with Gasteiger partial charge in [-0.05, 0) is 61.2 Å². The molecule has 196 valence electrons. The van der Waals surface area contributed by atoms with Crippen molar-refractivity contribution in [3.63, 3.8) is 0 Å². The molecule has 1 fully saturated rings. The smallest absolute Gasteiger partial charge is 0.290 e. The first-order valence-electron chi connectivity index (χ1n) is 12.3. The number of aryl methyl sites for hydroxylation is 1. The number of carboxylic acid groups (broad SMARTS) is 1. The van der Waals surface area contributed by atoms with Crippen molar-refractivity contribution in [1.29, 1.82) is 0 Å². The number of benzene rings is 2. The van der Waals surface area contributed by atoms with Crippen LogP contribution in [-0.4, -0.2) is 63.1 Å². The predicted octanol–water partition coefficient (Wildman–Crippen LogP) is 4.16. The molecule has 3 heterocycles. The van der Waals surface area contributed by atoms with E-state index < -0.39 is 0 Å². The van der Waals surface area contributed by atoms with E-state index in [0.29, 0.717) is 16.9 Å². The molecule has 2 aromatic heterocycles. The van der Waals surface area contributed by atoms with Crippen LogP contribution >= 0.6 is 0 Å². The minimum atomic E-state index is -0.348. The van der Waals surface area contributed by atoms with Crippen LogP contribution in [0.15, 0.2) is 60.8 Å². The van der Waals surface area contributed by atoms with E-state index in [9.17, 15) is 9.59 Å². The van der Waals surface area contributed by atoms with Gasteiger partial charge in [-0.15, -0.1) is 0 Å². The average Bonchev–Trinajstić information content (AvgIpc) is 3.64. The normalized spacial score (nSPS) is 12.5. The third-order valence-electron chi connectivity index (χ3n) is 6.34. The minimum Gasteiger partial charge on any atom is -0.496 e. The highest BCUT2D eigenvalue weighted by atomic mass is 16.5. The van der Waals surface area contributed by atoms with E-state index in [4.69, 9.17) is 14.6 Å². The van der Waals surface area contributed by atoms with Gasteiger partial charge in [0.2, 0.25) is 0 Å². The SMILES string of the molecule is CCc1ccc(-c2ccnc3cc(C(=O)Nc4ccc(C(=O)N5CCCC5)cc4)nn23)cc1OC.O=CO. The van der Waals surface area contributed by atoms with Gasteiger partial charge in [-0.1, -0.05) is 19.1 Å². The Balaban J connectivity index is 0.00000107. The molecular formula is C28H29N5O5. The van der Waals surface area contributed by atoms with Crippen LogP contribution in [0.3, 0.4) is 0 Å². The van der Waals surface area contributed by atoms with Crippen molar-refractivity contribution in [2.24, 2.45) is 0 Å². The molecule has 0 radical (unpaired) electrons. The van der Waals surface area contributed by atoms with E-state index >= 15 is 0 Å². The fourth-order valence-corrected chi connectivity index (χ4v) is 4.41. The second-order valence-electron chi connectivity index (χ2n) is 8.65. The summed E-state index contributed by atoms with van der Waals surface area (Å²) in [6.45, 7) is 3.44. The van der Waals surface area contributed by atoms with Crippen LogP contribution in [-0.2, 0) is 11.2 Å². The first-order chi connectivity index (χ1) is 18.5. The van der Waals surface area contributed by atoms with Crippen LogP contribution in [0.2, 0.25) is 0 Å². The number of ether oxygens (including phenoxy) is 1. The van der Waals surface area contributed by atoms with E-state index in [1.807, 2.05) is 29.2 Å². The van der Waals surface area contributed by atoms with Crippen molar-refractivity contribution < 1.29 is 24.2 Å². The van der Waals surface area contributed by atoms with Crippen molar-refractivity contribution in [2.45, 2.75) is 26.2 Å². The molecule has 10 heteroatoms. The standard InChI is InChI=1S/C27H27N5O3.CH2O2/c1-3-18-6-7-20(16-24(18)35-2)23-12-13-28-25-17-22(30-32(23)25)26(33)29-21-10-8-19(9-11-21)27(34)31-14-4-5-15-31;2-1-3/h6-13,16-17H,3-5,14-15H2,1-2H3,(H,29,33);1H,(H,2,3). The van der Waals surface area contributed by atoms with Crippen LogP contribution in [0.5, 0.6) is 5.75 Å². The molecule has 5 rings (SSSR count). The van der Waals surface area contributed by atoms with Crippen LogP contribution < -0.4 is 10.1 Å². The monoisotopic (exact) mass is 515 g/mol. The fourth-order valence-electron chi connectivity index (χ4n) is 4.41. The number of methoxy groups -OCH3 is 1. The van der Waals surface area contributed by atoms with Crippen molar-refractivity contribution >= 4 is 29.6 Å². The second kappa shape index (κ2) is 12.0. The summed E-state index contributed by atoms with van der Waals surface area (Å²) in [5.74, 6) is 0.494. The molecule has 0 unspecified atom stereocenters. The quantitative estimate of drug-likeness (QED) is 0.369. The van der Waals surface area contributed by atoms with Crippen molar-refractivity contribution in [2.75, 3.05) is 25.5 Å². The average molecular weight is 516 g/mol. The number of nitrogens with zero attached hydrogens (tertiary/aromatic N) is 4. The Morgan fingerprint density at radius 3 is 2.45 bits per heavy atom. The summed E-state index contributed by atoms with van der Waals surface area (Å²) in [6.07, 6.45) is 4.67. The summed E-state index contributed by atoms with van der Waals surface area (Å²) >= 11 is 0. The molecule has 2 N–H and O–H groups in total. The van der Waals surface area contributed by atoms with Crippen molar-refractivity contribution in [3.05, 3.63) is 77.6 Å². The lowest BCUT2D eigenvalue weighted by molar-refractivity contribution is -0.122. The highest BCUT2D eigenvalue weighted by molar-refractivity contribution is 6.04. The van der Waals surface area contributed by atoms with Gasteiger partial charge >= 0.3 is 0 Å². The predicted molar refractivity (Wildman–Crippen MR) is 143 cm³/mol. The van der Waals surface area contributed by atoms with Gasteiger partial charge in [0.15, 0.2) is 11.3 Å². The lowest BCUT2D eigenvalue weighted by atomic mass is 10.1. The summed E-state index contributed by atoms with van der Waals surface area (Å²) in [5.41, 5.74) is 4.88. The highest BCUT2D eigenvalue weighted by Crippen LogP contribution is 2.28. The third kappa shape index (κ3) is 5.64. The Morgan fingerprint density at radius 1 is 1.08 bits per heavy atom. The Labute approximate surface area is 219 Å². The summed E-state index contributed by atoms with van der Waals surface area (Å²) in [6, 6.07) is 16.5. The molecule has 4 aromatic rings. The maximum absolute atomic E-state index is 12.9. The lowest BCUT2D eigenvalue weighted by Crippen LogP contribution is -2.27. The Kier molecular flexibility index (Phi) is 8.32. The number of anilines is 1. The number of carbonyl (C=O) groups is 3. The summed E-state index contributed by atoms with van der Waals surface area (Å²) in [5, 5.41) is 14.3. The van der Waals surface area contributed by atoms with Gasteiger partial charge in [0, 0.05) is 42.2 Å². The van der Waals surface area contributed by atoms with Gasteiger partial charge in [0.1, 0.15) is 5.75 Å². The molecule has 1 aliphatic heterocycles. The molecule has 2 amide bonds. The molecule has 0 aliphatic carbocycles. The van der Waals surface area contributed by atoms with E-state index in [1.165, 1.54) is 0 Å². The largest absolute Gasteiger partial charge is 0.496 e. The number of fused-ring (bicyclic) bond motifs is 1. The van der Waals surface area contributed by atoms with E-state index in [2.05, 4.69) is 22.3 Å². The number of aromatic nitrogens is 3. The number of amides is 2. The summed E-state index contributed by atoms with van der Waals surface area (Å²) in [7, 11) is 1.66. The molecule has 1 aliphatic rings.